The standard InChI is InChI=1S/C26H26N4S/c1-4-20-10-14-22(15-11-20)25-19-31-26(27-2)30(25)28-18-21-12-16-24(17-13-21)29(3)23-8-6-5-7-9-23/h5-19H,4H2,1-3H3/b27-26?,28-18+. The first kappa shape index (κ1) is 20.8. The minimum absolute atomic E-state index is 0.867. The number of anilines is 2. The van der Waals surface area contributed by atoms with Gasteiger partial charge in [-0.2, -0.15) is 5.10 Å². The molecule has 0 bridgehead atoms. The molecule has 0 spiro atoms. The maximum absolute atomic E-state index is 4.75. The van der Waals surface area contributed by atoms with Crippen LogP contribution in [0.25, 0.3) is 11.3 Å². The van der Waals surface area contributed by atoms with Gasteiger partial charge < -0.3 is 4.90 Å². The van der Waals surface area contributed by atoms with Gasteiger partial charge in [-0.05, 0) is 41.8 Å². The molecule has 4 nitrogen and oxygen atoms in total. The van der Waals surface area contributed by atoms with Gasteiger partial charge in [-0.1, -0.05) is 61.5 Å². The van der Waals surface area contributed by atoms with E-state index < -0.39 is 0 Å². The minimum Gasteiger partial charge on any atom is -0.345 e. The van der Waals surface area contributed by atoms with Crippen LogP contribution in [-0.4, -0.2) is 25.0 Å². The molecule has 156 valence electrons. The van der Waals surface area contributed by atoms with E-state index >= 15 is 0 Å². The van der Waals surface area contributed by atoms with Crippen molar-refractivity contribution in [2.24, 2.45) is 10.1 Å². The smallest absolute Gasteiger partial charge is 0.205 e. The molecule has 1 heterocycles. The SMILES string of the molecule is CCc1ccc(-c2csc(=NC)n2/N=C/c2ccc(N(C)c3ccccc3)cc2)cc1. The summed E-state index contributed by atoms with van der Waals surface area (Å²) in [6, 6.07) is 27.4. The third kappa shape index (κ3) is 4.67. The minimum atomic E-state index is 0.867. The summed E-state index contributed by atoms with van der Waals surface area (Å²) in [4.78, 5) is 7.43. The van der Waals surface area contributed by atoms with E-state index in [-0.39, 0.29) is 0 Å². The van der Waals surface area contributed by atoms with Crippen LogP contribution in [0.4, 0.5) is 11.4 Å². The third-order valence-electron chi connectivity index (χ3n) is 5.28. The van der Waals surface area contributed by atoms with Gasteiger partial charge in [0.25, 0.3) is 0 Å². The Morgan fingerprint density at radius 1 is 0.903 bits per heavy atom. The van der Waals surface area contributed by atoms with Crippen molar-refractivity contribution in [3.05, 3.63) is 100 Å². The fraction of sp³-hybridized carbons (Fsp3) is 0.154. The molecule has 31 heavy (non-hydrogen) atoms. The number of benzene rings is 3. The number of aromatic nitrogens is 1. The number of aryl methyl sites for hydroxylation is 1. The molecule has 3 aromatic carbocycles. The fourth-order valence-electron chi connectivity index (χ4n) is 3.38. The van der Waals surface area contributed by atoms with E-state index in [4.69, 9.17) is 5.10 Å². The van der Waals surface area contributed by atoms with Crippen LogP contribution in [0.15, 0.2) is 94.3 Å². The van der Waals surface area contributed by atoms with Gasteiger partial charge in [-0.15, -0.1) is 11.3 Å². The number of nitrogens with zero attached hydrogens (tertiary/aromatic N) is 4. The van der Waals surface area contributed by atoms with Gasteiger partial charge >= 0.3 is 0 Å². The van der Waals surface area contributed by atoms with Gasteiger partial charge in [0.05, 0.1) is 11.9 Å². The zero-order valence-electron chi connectivity index (χ0n) is 18.1. The van der Waals surface area contributed by atoms with E-state index in [1.165, 1.54) is 5.56 Å². The van der Waals surface area contributed by atoms with Crippen molar-refractivity contribution in [3.8, 4) is 11.3 Å². The lowest BCUT2D eigenvalue weighted by Gasteiger charge is -2.19. The molecule has 4 aromatic rings. The van der Waals surface area contributed by atoms with E-state index in [1.807, 2.05) is 17.0 Å². The zero-order chi connectivity index (χ0) is 21.6. The van der Waals surface area contributed by atoms with E-state index in [9.17, 15) is 0 Å². The summed E-state index contributed by atoms with van der Waals surface area (Å²) in [5, 5.41) is 6.86. The highest BCUT2D eigenvalue weighted by molar-refractivity contribution is 7.07. The zero-order valence-corrected chi connectivity index (χ0v) is 18.9. The molecule has 0 saturated heterocycles. The lowest BCUT2D eigenvalue weighted by molar-refractivity contribution is 0.848. The number of rotatable bonds is 6. The quantitative estimate of drug-likeness (QED) is 0.350. The number of para-hydroxylation sites is 1. The van der Waals surface area contributed by atoms with Crippen LogP contribution < -0.4 is 9.70 Å². The Hall–Kier alpha value is -3.44. The van der Waals surface area contributed by atoms with E-state index in [2.05, 4.69) is 102 Å². The molecule has 0 saturated carbocycles. The summed E-state index contributed by atoms with van der Waals surface area (Å²) in [7, 11) is 3.88. The van der Waals surface area contributed by atoms with Crippen LogP contribution in [0.3, 0.4) is 0 Å². The second kappa shape index (κ2) is 9.58. The Labute approximate surface area is 187 Å². The maximum atomic E-state index is 4.75. The second-order valence-electron chi connectivity index (χ2n) is 7.22. The van der Waals surface area contributed by atoms with Crippen molar-refractivity contribution in [1.29, 1.82) is 0 Å². The predicted octanol–water partition coefficient (Wildman–Crippen LogP) is 5.96. The summed E-state index contributed by atoms with van der Waals surface area (Å²) in [5.41, 5.74) is 6.84. The molecular formula is C26H26N4S. The average molecular weight is 427 g/mol. The Morgan fingerprint density at radius 3 is 2.23 bits per heavy atom. The fourth-order valence-corrected chi connectivity index (χ4v) is 4.18. The Bertz CT molecular complexity index is 1220. The van der Waals surface area contributed by atoms with Crippen molar-refractivity contribution in [1.82, 2.24) is 4.68 Å². The molecule has 0 N–H and O–H groups in total. The van der Waals surface area contributed by atoms with Crippen LogP contribution in [0.1, 0.15) is 18.1 Å². The van der Waals surface area contributed by atoms with Crippen LogP contribution >= 0.6 is 11.3 Å². The van der Waals surface area contributed by atoms with Gasteiger partial charge in [-0.25, -0.2) is 4.68 Å². The summed E-state index contributed by atoms with van der Waals surface area (Å²) >= 11 is 1.60. The van der Waals surface area contributed by atoms with E-state index in [1.54, 1.807) is 18.4 Å². The van der Waals surface area contributed by atoms with Crippen molar-refractivity contribution in [2.75, 3.05) is 19.0 Å². The van der Waals surface area contributed by atoms with Crippen molar-refractivity contribution < 1.29 is 0 Å². The average Bonchev–Trinajstić information content (AvgIpc) is 3.26. The molecule has 0 atom stereocenters. The molecule has 0 aliphatic carbocycles. The molecule has 0 radical (unpaired) electrons. The summed E-state index contributed by atoms with van der Waals surface area (Å²) in [6.45, 7) is 2.17. The van der Waals surface area contributed by atoms with Crippen LogP contribution in [0.2, 0.25) is 0 Å². The molecule has 5 heteroatoms. The summed E-state index contributed by atoms with van der Waals surface area (Å²) in [6.07, 6.45) is 2.92. The molecule has 1 aromatic heterocycles. The van der Waals surface area contributed by atoms with Gasteiger partial charge in [-0.3, -0.25) is 4.99 Å². The lowest BCUT2D eigenvalue weighted by atomic mass is 10.1. The first-order chi connectivity index (χ1) is 15.2. The molecule has 0 unspecified atom stereocenters. The highest BCUT2D eigenvalue weighted by Gasteiger charge is 2.07. The van der Waals surface area contributed by atoms with Gasteiger partial charge in [0.2, 0.25) is 4.80 Å². The Balaban J connectivity index is 1.59. The van der Waals surface area contributed by atoms with Crippen molar-refractivity contribution >= 4 is 28.9 Å². The van der Waals surface area contributed by atoms with Crippen LogP contribution in [0.5, 0.6) is 0 Å². The Morgan fingerprint density at radius 2 is 1.58 bits per heavy atom. The van der Waals surface area contributed by atoms with Crippen LogP contribution in [-0.2, 0) is 6.42 Å². The predicted molar refractivity (Wildman–Crippen MR) is 133 cm³/mol. The topological polar surface area (TPSA) is 32.9 Å². The second-order valence-corrected chi connectivity index (χ2v) is 8.06. The maximum Gasteiger partial charge on any atom is 0.205 e. The number of hydrogen-bond acceptors (Lipinski definition) is 4. The number of thiazole rings is 1. The van der Waals surface area contributed by atoms with Gasteiger partial charge in [0, 0.05) is 36.4 Å². The largest absolute Gasteiger partial charge is 0.345 e. The summed E-state index contributed by atoms with van der Waals surface area (Å²) < 4.78 is 1.91. The van der Waals surface area contributed by atoms with Crippen molar-refractivity contribution in [3.63, 3.8) is 0 Å². The van der Waals surface area contributed by atoms with E-state index in [0.717, 1.165) is 39.4 Å². The lowest BCUT2D eigenvalue weighted by Crippen LogP contribution is -2.11. The molecule has 4 rings (SSSR count). The normalized spacial score (nSPS) is 11.9. The first-order valence-corrected chi connectivity index (χ1v) is 11.2. The molecule has 0 aliphatic rings. The summed E-state index contributed by atoms with van der Waals surface area (Å²) in [5.74, 6) is 0. The van der Waals surface area contributed by atoms with Crippen LogP contribution in [0, 0.1) is 0 Å². The van der Waals surface area contributed by atoms with Gasteiger partial charge in [0.1, 0.15) is 0 Å². The van der Waals surface area contributed by atoms with Crippen molar-refractivity contribution in [2.45, 2.75) is 13.3 Å². The highest BCUT2D eigenvalue weighted by Crippen LogP contribution is 2.23. The highest BCUT2D eigenvalue weighted by atomic mass is 32.1. The molecular weight excluding hydrogens is 400 g/mol. The molecule has 0 amide bonds. The monoisotopic (exact) mass is 426 g/mol. The number of hydrogen-bond donors (Lipinski definition) is 0. The van der Waals surface area contributed by atoms with E-state index in [0.29, 0.717) is 0 Å². The third-order valence-corrected chi connectivity index (χ3v) is 6.19. The Kier molecular flexibility index (Phi) is 6.43. The molecule has 0 fully saturated rings. The first-order valence-electron chi connectivity index (χ1n) is 10.4. The van der Waals surface area contributed by atoms with Gasteiger partial charge in [0.15, 0.2) is 0 Å². The molecule has 0 aliphatic heterocycles.